The first-order valence-corrected chi connectivity index (χ1v) is 9.03. The van der Waals surface area contributed by atoms with Gasteiger partial charge in [0.05, 0.1) is 11.4 Å². The van der Waals surface area contributed by atoms with Crippen LogP contribution in [0.25, 0.3) is 0 Å². The largest absolute Gasteiger partial charge is 0.296 e. The molecule has 1 atom stereocenters. The number of carbonyl (C=O) groups is 1. The van der Waals surface area contributed by atoms with Crippen molar-refractivity contribution < 1.29 is 4.79 Å². The summed E-state index contributed by atoms with van der Waals surface area (Å²) in [5, 5.41) is 4.17. The van der Waals surface area contributed by atoms with Crippen molar-refractivity contribution in [1.82, 2.24) is 10.5 Å². The van der Waals surface area contributed by atoms with Crippen LogP contribution < -0.4 is 10.5 Å². The minimum Gasteiger partial charge on any atom is -0.296 e. The molecule has 5 heteroatoms. The quantitative estimate of drug-likeness (QED) is 0.684. The lowest BCUT2D eigenvalue weighted by atomic mass is 10.0. The maximum atomic E-state index is 11.5. The summed E-state index contributed by atoms with van der Waals surface area (Å²) in [5.41, 5.74) is 6.25. The van der Waals surface area contributed by atoms with Gasteiger partial charge in [-0.25, -0.2) is 0 Å². The maximum Gasteiger partial charge on any atom is 0.159 e. The average Bonchev–Trinajstić information content (AvgIpc) is 2.86. The van der Waals surface area contributed by atoms with Crippen molar-refractivity contribution >= 4 is 27.4 Å². The molecule has 0 saturated heterocycles. The molecule has 0 aromatic heterocycles. The Morgan fingerprint density at radius 2 is 2.09 bits per heavy atom. The molecule has 0 bridgehead atoms. The number of rotatable bonds is 7. The fraction of sp³-hybridized carbons (Fsp3) is 0.500. The number of hydrogen-bond acceptors (Lipinski definition) is 4. The van der Waals surface area contributed by atoms with Crippen LogP contribution >= 0.6 is 15.9 Å². The smallest absolute Gasteiger partial charge is 0.159 e. The molecule has 1 N–H and O–H groups in total. The van der Waals surface area contributed by atoms with Gasteiger partial charge in [0, 0.05) is 22.8 Å². The SMILES string of the molecule is CCCC(C)CCN1C=C(C)N(c2ccc(C(C)=O)cc2Br)N1. The van der Waals surface area contributed by atoms with E-state index < -0.39 is 0 Å². The van der Waals surface area contributed by atoms with Crippen molar-refractivity contribution in [2.24, 2.45) is 5.92 Å². The van der Waals surface area contributed by atoms with Gasteiger partial charge in [0.25, 0.3) is 0 Å². The van der Waals surface area contributed by atoms with E-state index in [9.17, 15) is 4.79 Å². The van der Waals surface area contributed by atoms with Crippen LogP contribution in [-0.4, -0.2) is 17.3 Å². The van der Waals surface area contributed by atoms with E-state index in [0.717, 1.165) is 28.3 Å². The van der Waals surface area contributed by atoms with Crippen molar-refractivity contribution in [1.29, 1.82) is 0 Å². The number of nitrogens with zero attached hydrogens (tertiary/aromatic N) is 2. The van der Waals surface area contributed by atoms with Crippen molar-refractivity contribution in [3.05, 3.63) is 40.1 Å². The van der Waals surface area contributed by atoms with E-state index >= 15 is 0 Å². The maximum absolute atomic E-state index is 11.5. The molecule has 4 nitrogen and oxygen atoms in total. The molecule has 0 spiro atoms. The lowest BCUT2D eigenvalue weighted by Gasteiger charge is -2.26. The standard InChI is InChI=1S/C18H26BrN3O/c1-5-6-13(2)9-10-21-12-14(3)22(20-21)18-8-7-16(15(4)23)11-17(18)19/h7-8,11-13,20H,5-6,9-10H2,1-4H3. The predicted molar refractivity (Wildman–Crippen MR) is 98.9 cm³/mol. The predicted octanol–water partition coefficient (Wildman–Crippen LogP) is 4.88. The Hall–Kier alpha value is -1.33. The Morgan fingerprint density at radius 3 is 2.70 bits per heavy atom. The van der Waals surface area contributed by atoms with Gasteiger partial charge in [-0.1, -0.05) is 26.7 Å². The van der Waals surface area contributed by atoms with Crippen molar-refractivity contribution in [3.8, 4) is 0 Å². The second-order valence-corrected chi connectivity index (χ2v) is 7.16. The summed E-state index contributed by atoms with van der Waals surface area (Å²) in [7, 11) is 0. The highest BCUT2D eigenvalue weighted by molar-refractivity contribution is 9.10. The van der Waals surface area contributed by atoms with E-state index in [1.54, 1.807) is 6.92 Å². The minimum atomic E-state index is 0.0745. The third kappa shape index (κ3) is 4.58. The van der Waals surface area contributed by atoms with Gasteiger partial charge in [0.2, 0.25) is 0 Å². The second-order valence-electron chi connectivity index (χ2n) is 6.30. The lowest BCUT2D eigenvalue weighted by Crippen LogP contribution is -2.41. The summed E-state index contributed by atoms with van der Waals surface area (Å²) >= 11 is 3.58. The van der Waals surface area contributed by atoms with Crippen LogP contribution in [0.2, 0.25) is 0 Å². The molecule has 2 rings (SSSR count). The summed E-state index contributed by atoms with van der Waals surface area (Å²) in [6.45, 7) is 9.19. The summed E-state index contributed by atoms with van der Waals surface area (Å²) in [5.74, 6) is 0.816. The zero-order valence-corrected chi connectivity index (χ0v) is 16.0. The minimum absolute atomic E-state index is 0.0745. The summed E-state index contributed by atoms with van der Waals surface area (Å²) in [6, 6.07) is 5.70. The number of ketones is 1. The Labute approximate surface area is 147 Å². The van der Waals surface area contributed by atoms with Gasteiger partial charge in [-0.05, 0) is 60.3 Å². The Kier molecular flexibility index (Phi) is 6.25. The summed E-state index contributed by atoms with van der Waals surface area (Å²) < 4.78 is 0.909. The van der Waals surface area contributed by atoms with Crippen molar-refractivity contribution in [3.63, 3.8) is 0 Å². The number of allylic oxidation sites excluding steroid dienone is 1. The molecule has 1 aliphatic heterocycles. The number of hydrogen-bond donors (Lipinski definition) is 1. The van der Waals surface area contributed by atoms with Gasteiger partial charge in [0.15, 0.2) is 5.78 Å². The molecule has 0 radical (unpaired) electrons. The second kappa shape index (κ2) is 7.97. The topological polar surface area (TPSA) is 35.6 Å². The van der Waals surface area contributed by atoms with Crippen LogP contribution in [-0.2, 0) is 0 Å². The normalized spacial score (nSPS) is 15.8. The zero-order valence-electron chi connectivity index (χ0n) is 14.4. The van der Waals surface area contributed by atoms with Gasteiger partial charge >= 0.3 is 0 Å². The number of halogens is 1. The molecule has 126 valence electrons. The van der Waals surface area contributed by atoms with E-state index in [-0.39, 0.29) is 5.78 Å². The van der Waals surface area contributed by atoms with Crippen LogP contribution in [0.5, 0.6) is 0 Å². The summed E-state index contributed by atoms with van der Waals surface area (Å²) in [6.07, 6.45) is 5.82. The van der Waals surface area contributed by atoms with Gasteiger partial charge in [-0.2, -0.15) is 0 Å². The number of carbonyl (C=O) groups excluding carboxylic acids is 1. The van der Waals surface area contributed by atoms with Crippen LogP contribution in [0.4, 0.5) is 5.69 Å². The molecular formula is C18H26BrN3O. The molecule has 23 heavy (non-hydrogen) atoms. The van der Waals surface area contributed by atoms with E-state index in [0.29, 0.717) is 5.56 Å². The van der Waals surface area contributed by atoms with Crippen LogP contribution in [0.15, 0.2) is 34.6 Å². The van der Waals surface area contributed by atoms with Crippen LogP contribution in [0.1, 0.15) is 57.3 Å². The highest BCUT2D eigenvalue weighted by Crippen LogP contribution is 2.31. The van der Waals surface area contributed by atoms with Crippen LogP contribution in [0, 0.1) is 5.92 Å². The number of hydrazine groups is 2. The van der Waals surface area contributed by atoms with Crippen LogP contribution in [0.3, 0.4) is 0 Å². The van der Waals surface area contributed by atoms with E-state index in [4.69, 9.17) is 0 Å². The first kappa shape index (κ1) is 18.0. The van der Waals surface area contributed by atoms with Crippen molar-refractivity contribution in [2.45, 2.75) is 47.0 Å². The third-order valence-corrected chi connectivity index (χ3v) is 4.80. The molecule has 1 unspecified atom stereocenters. The highest BCUT2D eigenvalue weighted by Gasteiger charge is 2.21. The molecule has 1 aromatic rings. The van der Waals surface area contributed by atoms with E-state index in [2.05, 4.69) is 53.4 Å². The molecule has 0 aliphatic carbocycles. The molecule has 1 aromatic carbocycles. The van der Waals surface area contributed by atoms with E-state index in [1.165, 1.54) is 19.3 Å². The molecule has 1 heterocycles. The molecule has 0 fully saturated rings. The average molecular weight is 380 g/mol. The van der Waals surface area contributed by atoms with Gasteiger partial charge < -0.3 is 0 Å². The first-order valence-electron chi connectivity index (χ1n) is 8.24. The third-order valence-electron chi connectivity index (χ3n) is 4.16. The Morgan fingerprint density at radius 1 is 1.35 bits per heavy atom. The van der Waals surface area contributed by atoms with E-state index in [1.807, 2.05) is 23.2 Å². The zero-order chi connectivity index (χ0) is 17.0. The molecule has 0 saturated carbocycles. The van der Waals surface area contributed by atoms with Crippen molar-refractivity contribution in [2.75, 3.05) is 11.6 Å². The highest BCUT2D eigenvalue weighted by atomic mass is 79.9. The number of Topliss-reactive ketones (excluding diaryl/α,β-unsaturated/α-hetero) is 1. The Bertz CT molecular complexity index is 600. The van der Waals surface area contributed by atoms with Gasteiger partial charge in [-0.3, -0.25) is 14.8 Å². The van der Waals surface area contributed by atoms with Gasteiger partial charge in [-0.15, -0.1) is 5.53 Å². The molecular weight excluding hydrogens is 354 g/mol. The molecule has 1 aliphatic rings. The first-order chi connectivity index (χ1) is 10.9. The Balaban J connectivity index is 2.03. The lowest BCUT2D eigenvalue weighted by molar-refractivity contribution is 0.101. The fourth-order valence-corrected chi connectivity index (χ4v) is 3.34. The molecule has 0 amide bonds. The fourth-order valence-electron chi connectivity index (χ4n) is 2.78. The number of nitrogens with one attached hydrogen (secondary N) is 1. The summed E-state index contributed by atoms with van der Waals surface area (Å²) in [4.78, 5) is 11.5. The number of benzene rings is 1. The monoisotopic (exact) mass is 379 g/mol. The van der Waals surface area contributed by atoms with Gasteiger partial charge in [0.1, 0.15) is 0 Å². The number of anilines is 1.